The van der Waals surface area contributed by atoms with Crippen LogP contribution in [0.15, 0.2) is 24.3 Å². The van der Waals surface area contributed by atoms with Crippen LogP contribution >= 0.6 is 7.82 Å². The van der Waals surface area contributed by atoms with Crippen LogP contribution in [0, 0.1) is 10.1 Å². The van der Waals surface area contributed by atoms with Crippen molar-refractivity contribution in [2.45, 2.75) is 0 Å². The second kappa shape index (κ2) is 12.8. The standard InChI is InChI=1S/C10H15N2O8P.2Na.2H/c13-7-5-11(6-8-14)20-21(17,18)19-10-3-1-9(2-4-10)12(15)16;;;;/h1-4,13-14H,5-8H2,(H,17,18);;;;/q;2*+1;2*-1. The molecule has 1 aromatic rings. The van der Waals surface area contributed by atoms with Crippen molar-refractivity contribution in [1.29, 1.82) is 0 Å². The maximum Gasteiger partial charge on any atom is 1.00 e. The van der Waals surface area contributed by atoms with Crippen molar-refractivity contribution >= 4 is 13.5 Å². The Morgan fingerprint density at radius 1 is 1.17 bits per heavy atom. The zero-order chi connectivity index (χ0) is 15.9. The van der Waals surface area contributed by atoms with Crippen LogP contribution in [0.25, 0.3) is 0 Å². The molecule has 1 atom stereocenters. The molecule has 0 aromatic heterocycles. The Kier molecular flexibility index (Phi) is 14.3. The summed E-state index contributed by atoms with van der Waals surface area (Å²) >= 11 is 0. The van der Waals surface area contributed by atoms with Crippen LogP contribution in [0.5, 0.6) is 5.75 Å². The number of benzene rings is 1. The largest absolute Gasteiger partial charge is 1.00 e. The third-order valence-electron chi connectivity index (χ3n) is 2.19. The van der Waals surface area contributed by atoms with Crippen molar-refractivity contribution in [2.24, 2.45) is 0 Å². The predicted molar refractivity (Wildman–Crippen MR) is 72.6 cm³/mol. The number of nitro benzene ring substituents is 1. The molecule has 0 saturated heterocycles. The number of hydroxylamine groups is 2. The summed E-state index contributed by atoms with van der Waals surface area (Å²) in [6, 6.07) is 4.50. The summed E-state index contributed by atoms with van der Waals surface area (Å²) in [5.41, 5.74) is -0.196. The number of phosphoric acid groups is 1. The fourth-order valence-corrected chi connectivity index (χ4v) is 2.22. The van der Waals surface area contributed by atoms with Gasteiger partial charge in [0.15, 0.2) is 0 Å². The van der Waals surface area contributed by atoms with E-state index in [-0.39, 0.29) is 99.7 Å². The van der Waals surface area contributed by atoms with E-state index >= 15 is 0 Å². The molecule has 0 amide bonds. The second-order valence-corrected chi connectivity index (χ2v) is 5.05. The van der Waals surface area contributed by atoms with Crippen molar-refractivity contribution in [1.82, 2.24) is 5.06 Å². The van der Waals surface area contributed by atoms with Gasteiger partial charge < -0.3 is 17.6 Å². The number of hydrogen-bond donors (Lipinski definition) is 3. The molecule has 0 aliphatic carbocycles. The Morgan fingerprint density at radius 2 is 1.65 bits per heavy atom. The number of nitrogens with zero attached hydrogens (tertiary/aromatic N) is 2. The van der Waals surface area contributed by atoms with Gasteiger partial charge in [0.25, 0.3) is 5.69 Å². The van der Waals surface area contributed by atoms with E-state index in [1.165, 1.54) is 0 Å². The first-order valence-electron chi connectivity index (χ1n) is 5.81. The second-order valence-electron chi connectivity index (χ2n) is 3.77. The first kappa shape index (κ1) is 25.7. The minimum Gasteiger partial charge on any atom is -1.00 e. The Labute approximate surface area is 179 Å². The number of phosphoric ester groups is 1. The van der Waals surface area contributed by atoms with Gasteiger partial charge >= 0.3 is 66.9 Å². The molecule has 3 N–H and O–H groups in total. The maximum atomic E-state index is 11.7. The van der Waals surface area contributed by atoms with Crippen LogP contribution in [-0.4, -0.2) is 51.4 Å². The molecule has 0 aliphatic rings. The minimum absolute atomic E-state index is 0. The third-order valence-corrected chi connectivity index (χ3v) is 3.06. The number of aliphatic hydroxyl groups is 2. The van der Waals surface area contributed by atoms with Gasteiger partial charge in [0, 0.05) is 25.2 Å². The summed E-state index contributed by atoms with van der Waals surface area (Å²) in [5.74, 6) is -0.0978. The van der Waals surface area contributed by atoms with Crippen LogP contribution in [0.1, 0.15) is 2.85 Å². The fourth-order valence-electron chi connectivity index (χ4n) is 1.34. The Morgan fingerprint density at radius 3 is 2.04 bits per heavy atom. The average molecular weight is 370 g/mol. The van der Waals surface area contributed by atoms with Crippen LogP contribution in [0.2, 0.25) is 0 Å². The molecular weight excluding hydrogens is 353 g/mol. The van der Waals surface area contributed by atoms with Crippen molar-refractivity contribution in [3.05, 3.63) is 34.4 Å². The molecular formula is C10H17N2Na2O8P. The fraction of sp³-hybridized carbons (Fsp3) is 0.400. The summed E-state index contributed by atoms with van der Waals surface area (Å²) in [4.78, 5) is 19.4. The van der Waals surface area contributed by atoms with Crippen LogP contribution < -0.4 is 63.6 Å². The van der Waals surface area contributed by atoms with Gasteiger partial charge in [-0.05, 0) is 12.1 Å². The molecule has 1 unspecified atom stereocenters. The summed E-state index contributed by atoms with van der Waals surface area (Å²) in [6.45, 7) is -0.904. The maximum absolute atomic E-state index is 11.7. The molecule has 10 nitrogen and oxygen atoms in total. The van der Waals surface area contributed by atoms with Gasteiger partial charge in [-0.15, -0.1) is 0 Å². The van der Waals surface area contributed by atoms with Crippen molar-refractivity contribution in [2.75, 3.05) is 26.3 Å². The quantitative estimate of drug-likeness (QED) is 0.168. The number of aliphatic hydroxyl groups excluding tert-OH is 2. The van der Waals surface area contributed by atoms with Gasteiger partial charge in [0.1, 0.15) is 5.75 Å². The molecule has 1 aromatic carbocycles. The molecule has 0 fully saturated rings. The molecule has 1 rings (SSSR count). The first-order chi connectivity index (χ1) is 9.88. The summed E-state index contributed by atoms with van der Waals surface area (Å²) in [5, 5.41) is 28.9. The number of non-ortho nitro benzene ring substituents is 1. The van der Waals surface area contributed by atoms with Gasteiger partial charge in [-0.2, -0.15) is 9.69 Å². The molecule has 122 valence electrons. The van der Waals surface area contributed by atoms with E-state index in [1.807, 2.05) is 0 Å². The Balaban J connectivity index is -0.000000551. The SMILES string of the molecule is O=[N+]([O-])c1ccc(OP(=O)(O)ON(CCO)CCO)cc1.[H-].[H-].[Na+].[Na+]. The predicted octanol–water partition coefficient (Wildman–Crippen LogP) is -5.47. The number of rotatable bonds is 9. The molecule has 0 bridgehead atoms. The summed E-state index contributed by atoms with van der Waals surface area (Å²) in [7, 11) is -4.53. The van der Waals surface area contributed by atoms with E-state index in [1.54, 1.807) is 0 Å². The zero-order valence-electron chi connectivity index (χ0n) is 14.9. The number of nitro groups is 1. The van der Waals surface area contributed by atoms with Crippen molar-refractivity contribution in [3.8, 4) is 5.75 Å². The van der Waals surface area contributed by atoms with E-state index in [0.717, 1.165) is 29.3 Å². The van der Waals surface area contributed by atoms with Gasteiger partial charge in [0.2, 0.25) is 0 Å². The van der Waals surface area contributed by atoms with Gasteiger partial charge in [-0.1, -0.05) is 0 Å². The first-order valence-corrected chi connectivity index (χ1v) is 7.30. The smallest absolute Gasteiger partial charge is 1.00 e. The van der Waals surface area contributed by atoms with Crippen LogP contribution in [-0.2, 0) is 9.19 Å². The molecule has 0 radical (unpaired) electrons. The third kappa shape index (κ3) is 10.1. The van der Waals surface area contributed by atoms with Gasteiger partial charge in [-0.25, -0.2) is 4.57 Å². The monoisotopic (exact) mass is 370 g/mol. The zero-order valence-corrected chi connectivity index (χ0v) is 17.8. The van der Waals surface area contributed by atoms with Crippen LogP contribution in [0.3, 0.4) is 0 Å². The summed E-state index contributed by atoms with van der Waals surface area (Å²) < 4.78 is 21.1. The van der Waals surface area contributed by atoms with Gasteiger partial charge in [-0.3, -0.25) is 15.0 Å². The van der Waals surface area contributed by atoms with E-state index in [2.05, 4.69) is 4.62 Å². The number of hydrogen-bond acceptors (Lipinski definition) is 8. The van der Waals surface area contributed by atoms with E-state index in [4.69, 9.17) is 14.7 Å². The molecule has 23 heavy (non-hydrogen) atoms. The molecule has 0 aliphatic heterocycles. The Bertz CT molecular complexity index is 522. The minimum atomic E-state index is -4.53. The van der Waals surface area contributed by atoms with Crippen molar-refractivity contribution < 1.29 is 95.7 Å². The summed E-state index contributed by atoms with van der Waals surface area (Å²) in [6.07, 6.45) is 0. The van der Waals surface area contributed by atoms with E-state index in [0.29, 0.717) is 0 Å². The molecule has 0 spiro atoms. The van der Waals surface area contributed by atoms with E-state index < -0.39 is 12.7 Å². The van der Waals surface area contributed by atoms with Gasteiger partial charge in [0.05, 0.1) is 18.1 Å². The topological polar surface area (TPSA) is 143 Å². The Hall–Kier alpha value is 0.450. The van der Waals surface area contributed by atoms with E-state index in [9.17, 15) is 19.6 Å². The molecule has 0 heterocycles. The van der Waals surface area contributed by atoms with Crippen molar-refractivity contribution in [3.63, 3.8) is 0 Å². The molecule has 0 saturated carbocycles. The average Bonchev–Trinajstić information content (AvgIpc) is 2.38. The van der Waals surface area contributed by atoms with Crippen LogP contribution in [0.4, 0.5) is 5.69 Å². The molecule has 13 heteroatoms. The normalized spacial score (nSPS) is 12.7.